The highest BCUT2D eigenvalue weighted by molar-refractivity contribution is 6.02. The van der Waals surface area contributed by atoms with E-state index in [9.17, 15) is 19.2 Å². The molecule has 2 aliphatic rings. The van der Waals surface area contributed by atoms with Crippen molar-refractivity contribution in [3.63, 3.8) is 0 Å². The van der Waals surface area contributed by atoms with Crippen LogP contribution in [-0.4, -0.2) is 37.0 Å². The van der Waals surface area contributed by atoms with Crippen molar-refractivity contribution in [2.45, 2.75) is 0 Å². The van der Waals surface area contributed by atoms with Crippen LogP contribution in [0.15, 0.2) is 0 Å². The van der Waals surface area contributed by atoms with Gasteiger partial charge in [0, 0.05) is 0 Å². The predicted octanol–water partition coefficient (Wildman–Crippen LogP) is -1.50. The first-order chi connectivity index (χ1) is 6.58. The Bertz CT molecular complexity index is 251. The molecule has 6 amide bonds. The van der Waals surface area contributed by atoms with Crippen LogP contribution in [0.3, 0.4) is 0 Å². The lowest BCUT2D eigenvalue weighted by Gasteiger charge is -1.78. The Kier molecular flexibility index (Phi) is 8.13. The van der Waals surface area contributed by atoms with Crippen molar-refractivity contribution in [3.05, 3.63) is 0 Å². The van der Waals surface area contributed by atoms with E-state index in [4.69, 9.17) is 0 Å². The molecule has 2 rings (SSSR count). The third-order valence-corrected chi connectivity index (χ3v) is 1.32. The third-order valence-electron chi connectivity index (χ3n) is 1.32. The number of halogens is 2. The van der Waals surface area contributed by atoms with Crippen molar-refractivity contribution < 1.29 is 19.2 Å². The summed E-state index contributed by atoms with van der Waals surface area (Å²) in [5.41, 5.74) is 0. The minimum atomic E-state index is -0.398. The first kappa shape index (κ1) is 16.9. The molecule has 0 aromatic rings. The van der Waals surface area contributed by atoms with Gasteiger partial charge in [-0.3, -0.25) is 20.2 Å². The van der Waals surface area contributed by atoms with E-state index in [0.717, 1.165) is 0 Å². The Morgan fingerprint density at radius 2 is 1.00 bits per heavy atom. The number of amides is 6. The smallest absolute Gasteiger partial charge is 0.321 e. The topological polar surface area (TPSA) is 116 Å². The van der Waals surface area contributed by atoms with Crippen LogP contribution in [0.5, 0.6) is 0 Å². The van der Waals surface area contributed by atoms with E-state index in [1.807, 2.05) is 10.6 Å². The van der Waals surface area contributed by atoms with Crippen molar-refractivity contribution in [2.75, 3.05) is 13.1 Å². The first-order valence-electron chi connectivity index (χ1n) is 3.73. The first-order valence-corrected chi connectivity index (χ1v) is 3.73. The normalized spacial score (nSPS) is 16.5. The number of nitrogens with one attached hydrogen (secondary N) is 4. The highest BCUT2D eigenvalue weighted by atomic mass is 35.5. The molecular formula is C6H10Cl2N4O4. The Morgan fingerprint density at radius 1 is 0.688 bits per heavy atom. The fraction of sp³-hybridized carbons (Fsp3) is 0.333. The van der Waals surface area contributed by atoms with Gasteiger partial charge >= 0.3 is 12.1 Å². The van der Waals surface area contributed by atoms with E-state index in [1.54, 1.807) is 0 Å². The summed E-state index contributed by atoms with van der Waals surface area (Å²) in [6.07, 6.45) is 0. The summed E-state index contributed by atoms with van der Waals surface area (Å²) in [7, 11) is 0. The fourth-order valence-electron chi connectivity index (χ4n) is 0.751. The van der Waals surface area contributed by atoms with E-state index < -0.39 is 12.1 Å². The van der Waals surface area contributed by atoms with Crippen LogP contribution >= 0.6 is 24.8 Å². The Hall–Kier alpha value is -1.54. The maximum atomic E-state index is 10.1. The number of hydrogen-bond donors (Lipinski definition) is 4. The molecule has 2 fully saturated rings. The SMILES string of the molecule is Cl.Cl.O=C1CNC(=O)N1.O=C1CNC(=O)N1. The Morgan fingerprint density at radius 3 is 1.06 bits per heavy atom. The average molecular weight is 273 g/mol. The maximum Gasteiger partial charge on any atom is 0.321 e. The second-order valence-electron chi connectivity index (χ2n) is 2.46. The number of carbonyl (C=O) groups excluding carboxylic acids is 4. The molecule has 2 heterocycles. The summed E-state index contributed by atoms with van der Waals surface area (Å²) < 4.78 is 0. The van der Waals surface area contributed by atoms with E-state index in [1.165, 1.54) is 0 Å². The van der Waals surface area contributed by atoms with Crippen LogP contribution in [0.2, 0.25) is 0 Å². The van der Waals surface area contributed by atoms with Crippen LogP contribution in [0.25, 0.3) is 0 Å². The van der Waals surface area contributed by atoms with Gasteiger partial charge in [-0.1, -0.05) is 0 Å². The molecule has 0 unspecified atom stereocenters. The van der Waals surface area contributed by atoms with Gasteiger partial charge in [0.15, 0.2) is 0 Å². The largest absolute Gasteiger partial charge is 0.329 e. The average Bonchev–Trinajstić information content (AvgIpc) is 2.63. The molecule has 16 heavy (non-hydrogen) atoms. The van der Waals surface area contributed by atoms with Crippen LogP contribution < -0.4 is 21.3 Å². The van der Waals surface area contributed by atoms with Gasteiger partial charge in [-0.05, 0) is 0 Å². The van der Waals surface area contributed by atoms with Crippen molar-refractivity contribution in [3.8, 4) is 0 Å². The highest BCUT2D eigenvalue weighted by Gasteiger charge is 2.14. The summed E-state index contributed by atoms with van der Waals surface area (Å²) in [4.78, 5) is 40.1. The lowest BCUT2D eigenvalue weighted by Crippen LogP contribution is -2.22. The highest BCUT2D eigenvalue weighted by Crippen LogP contribution is 1.74. The monoisotopic (exact) mass is 272 g/mol. The van der Waals surface area contributed by atoms with Gasteiger partial charge in [-0.25, -0.2) is 9.59 Å². The van der Waals surface area contributed by atoms with Gasteiger partial charge < -0.3 is 10.6 Å². The number of urea groups is 2. The van der Waals surface area contributed by atoms with Crippen molar-refractivity contribution in [1.29, 1.82) is 0 Å². The van der Waals surface area contributed by atoms with E-state index in [2.05, 4.69) is 10.6 Å². The van der Waals surface area contributed by atoms with E-state index >= 15 is 0 Å². The minimum Gasteiger partial charge on any atom is -0.329 e. The number of hydrogen-bond acceptors (Lipinski definition) is 4. The molecule has 0 radical (unpaired) electrons. The molecule has 0 aliphatic carbocycles. The summed E-state index contributed by atoms with van der Waals surface area (Å²) in [5, 5.41) is 8.59. The van der Waals surface area contributed by atoms with Crippen LogP contribution in [0.4, 0.5) is 9.59 Å². The molecular weight excluding hydrogens is 263 g/mol. The number of rotatable bonds is 0. The van der Waals surface area contributed by atoms with Crippen molar-refractivity contribution >= 4 is 48.7 Å². The van der Waals surface area contributed by atoms with Gasteiger partial charge in [0.25, 0.3) is 0 Å². The second kappa shape index (κ2) is 7.71. The van der Waals surface area contributed by atoms with Gasteiger partial charge in [0.1, 0.15) is 0 Å². The zero-order chi connectivity index (χ0) is 10.6. The van der Waals surface area contributed by atoms with Crippen LogP contribution in [-0.2, 0) is 9.59 Å². The lowest BCUT2D eigenvalue weighted by molar-refractivity contribution is -0.118. The van der Waals surface area contributed by atoms with Gasteiger partial charge in [-0.2, -0.15) is 0 Å². The third kappa shape index (κ3) is 6.04. The molecule has 0 aromatic carbocycles. The minimum absolute atomic E-state index is 0. The molecule has 2 aliphatic heterocycles. The van der Waals surface area contributed by atoms with Crippen LogP contribution in [0, 0.1) is 0 Å². The molecule has 0 atom stereocenters. The molecule has 0 bridgehead atoms. The molecule has 0 aromatic heterocycles. The summed E-state index contributed by atoms with van der Waals surface area (Å²) in [5.74, 6) is -0.519. The molecule has 0 saturated carbocycles. The quantitative estimate of drug-likeness (QED) is 0.402. The second-order valence-corrected chi connectivity index (χ2v) is 2.46. The zero-order valence-electron chi connectivity index (χ0n) is 7.86. The molecule has 92 valence electrons. The lowest BCUT2D eigenvalue weighted by atomic mass is 10.7. The van der Waals surface area contributed by atoms with Crippen molar-refractivity contribution in [2.24, 2.45) is 0 Å². The van der Waals surface area contributed by atoms with Gasteiger partial charge in [-0.15, -0.1) is 24.8 Å². The number of carbonyl (C=O) groups is 4. The molecule has 0 spiro atoms. The van der Waals surface area contributed by atoms with E-state index in [0.29, 0.717) is 0 Å². The fourth-order valence-corrected chi connectivity index (χ4v) is 0.751. The molecule has 4 N–H and O–H groups in total. The predicted molar refractivity (Wildman–Crippen MR) is 57.6 cm³/mol. The standard InChI is InChI=1S/2C3H4N2O2.2ClH/c2*6-2-1-4-3(7)5-2;;/h2*1H2,(H2,4,5,6,7);2*1H. The Labute approximate surface area is 103 Å². The van der Waals surface area contributed by atoms with Crippen molar-refractivity contribution in [1.82, 2.24) is 21.3 Å². The number of imide groups is 2. The summed E-state index contributed by atoms with van der Waals surface area (Å²) >= 11 is 0. The Balaban J connectivity index is 0. The summed E-state index contributed by atoms with van der Waals surface area (Å²) in [6, 6.07) is -0.796. The molecule has 8 nitrogen and oxygen atoms in total. The van der Waals surface area contributed by atoms with E-state index in [-0.39, 0.29) is 49.7 Å². The maximum absolute atomic E-state index is 10.1. The van der Waals surface area contributed by atoms with Gasteiger partial charge in [0.2, 0.25) is 11.8 Å². The zero-order valence-corrected chi connectivity index (χ0v) is 9.50. The molecule has 10 heteroatoms. The molecule has 2 saturated heterocycles. The summed E-state index contributed by atoms with van der Waals surface area (Å²) in [6.45, 7) is 0.248. The van der Waals surface area contributed by atoms with Crippen LogP contribution in [0.1, 0.15) is 0 Å². The van der Waals surface area contributed by atoms with Gasteiger partial charge in [0.05, 0.1) is 13.1 Å².